The van der Waals surface area contributed by atoms with Gasteiger partial charge in [-0.1, -0.05) is 22.0 Å². The summed E-state index contributed by atoms with van der Waals surface area (Å²) in [6, 6.07) is 5.59. The lowest BCUT2D eigenvalue weighted by Crippen LogP contribution is -2.13. The van der Waals surface area contributed by atoms with Crippen molar-refractivity contribution >= 4 is 49.9 Å². The lowest BCUT2D eigenvalue weighted by molar-refractivity contribution is 0.102. The number of benzene rings is 1. The van der Waals surface area contributed by atoms with Gasteiger partial charge in [-0.05, 0) is 24.6 Å². The number of rotatable bonds is 3. The number of anilines is 1. The first-order chi connectivity index (χ1) is 8.60. The van der Waals surface area contributed by atoms with Gasteiger partial charge in [0.2, 0.25) is 0 Å². The van der Waals surface area contributed by atoms with E-state index in [9.17, 15) is 4.79 Å². The van der Waals surface area contributed by atoms with Crippen LogP contribution in [0.2, 0.25) is 0 Å². The first kappa shape index (κ1) is 13.5. The van der Waals surface area contributed by atoms with E-state index in [0.717, 1.165) is 15.7 Å². The molecule has 0 radical (unpaired) electrons. The maximum absolute atomic E-state index is 12.1. The first-order valence-corrected chi connectivity index (χ1v) is 7.38. The number of nitrogens with one attached hydrogen (secondary N) is 1. The Labute approximate surface area is 122 Å². The predicted octanol–water partition coefficient (Wildman–Crippen LogP) is 4.21. The van der Waals surface area contributed by atoms with Crippen molar-refractivity contribution in [3.63, 3.8) is 0 Å². The van der Waals surface area contributed by atoms with E-state index in [1.807, 2.05) is 24.4 Å². The molecule has 0 aliphatic carbocycles. The van der Waals surface area contributed by atoms with E-state index < -0.39 is 0 Å². The average Bonchev–Trinajstić information content (AvgIpc) is 2.80. The minimum Gasteiger partial charge on any atom is -0.298 e. The van der Waals surface area contributed by atoms with Gasteiger partial charge in [-0.15, -0.1) is 22.9 Å². The molecule has 0 atom stereocenters. The largest absolute Gasteiger partial charge is 0.298 e. The Bertz CT molecular complexity index is 585. The minimum atomic E-state index is -0.163. The van der Waals surface area contributed by atoms with Gasteiger partial charge in [0, 0.05) is 15.4 Å². The first-order valence-electron chi connectivity index (χ1n) is 5.18. The molecule has 2 rings (SSSR count). The summed E-state index contributed by atoms with van der Waals surface area (Å²) in [6.07, 6.45) is 0. The highest BCUT2D eigenvalue weighted by molar-refractivity contribution is 9.10. The van der Waals surface area contributed by atoms with Crippen molar-refractivity contribution in [1.82, 2.24) is 4.98 Å². The normalized spacial score (nSPS) is 10.4. The average molecular weight is 346 g/mol. The number of aromatic nitrogens is 1. The van der Waals surface area contributed by atoms with Crippen LogP contribution in [0.1, 0.15) is 21.6 Å². The Morgan fingerprint density at radius 3 is 3.00 bits per heavy atom. The van der Waals surface area contributed by atoms with Gasteiger partial charge in [-0.2, -0.15) is 0 Å². The number of nitrogens with zero attached hydrogens (tertiary/aromatic N) is 1. The molecule has 1 amide bonds. The van der Waals surface area contributed by atoms with Crippen molar-refractivity contribution in [2.75, 3.05) is 5.32 Å². The number of alkyl halides is 1. The number of thiazole rings is 1. The zero-order chi connectivity index (χ0) is 13.1. The van der Waals surface area contributed by atoms with Crippen LogP contribution in [0.3, 0.4) is 0 Å². The van der Waals surface area contributed by atoms with E-state index in [0.29, 0.717) is 16.6 Å². The van der Waals surface area contributed by atoms with E-state index in [1.54, 1.807) is 6.07 Å². The molecule has 0 saturated heterocycles. The summed E-state index contributed by atoms with van der Waals surface area (Å²) in [6.45, 7) is 1.90. The molecule has 18 heavy (non-hydrogen) atoms. The smallest absolute Gasteiger partial charge is 0.257 e. The highest BCUT2D eigenvalue weighted by Gasteiger charge is 2.11. The number of hydrogen-bond acceptors (Lipinski definition) is 3. The second-order valence-corrected chi connectivity index (χ2v) is 5.73. The number of hydrogen-bond donors (Lipinski definition) is 1. The maximum Gasteiger partial charge on any atom is 0.257 e. The van der Waals surface area contributed by atoms with E-state index in [1.165, 1.54) is 11.3 Å². The molecule has 0 aliphatic rings. The van der Waals surface area contributed by atoms with Gasteiger partial charge < -0.3 is 0 Å². The molecule has 6 heteroatoms. The molecule has 94 valence electrons. The van der Waals surface area contributed by atoms with Crippen LogP contribution < -0.4 is 5.32 Å². The number of carbonyl (C=O) groups is 1. The fourth-order valence-electron chi connectivity index (χ4n) is 1.43. The van der Waals surface area contributed by atoms with Crippen LogP contribution in [0.15, 0.2) is 28.1 Å². The molecule has 1 aromatic carbocycles. The van der Waals surface area contributed by atoms with Crippen molar-refractivity contribution in [2.24, 2.45) is 0 Å². The second-order valence-electron chi connectivity index (χ2n) is 3.69. The third-order valence-electron chi connectivity index (χ3n) is 2.35. The second kappa shape index (κ2) is 5.82. The third-order valence-corrected chi connectivity index (χ3v) is 3.93. The van der Waals surface area contributed by atoms with E-state index in [2.05, 4.69) is 26.2 Å². The summed E-state index contributed by atoms with van der Waals surface area (Å²) < 4.78 is 0.874. The maximum atomic E-state index is 12.1. The van der Waals surface area contributed by atoms with Crippen LogP contribution in [-0.2, 0) is 5.88 Å². The van der Waals surface area contributed by atoms with Crippen LogP contribution in [0, 0.1) is 6.92 Å². The number of aryl methyl sites for hydroxylation is 1. The van der Waals surface area contributed by atoms with Crippen LogP contribution in [-0.4, -0.2) is 10.9 Å². The van der Waals surface area contributed by atoms with Crippen molar-refractivity contribution in [1.29, 1.82) is 0 Å². The standard InChI is InChI=1S/C12H10BrClN2OS/c1-7-2-3-8(13)4-10(7)11(17)16-12-15-9(5-14)6-18-12/h2-4,6H,5H2,1H3,(H,15,16,17). The van der Waals surface area contributed by atoms with E-state index >= 15 is 0 Å². The third kappa shape index (κ3) is 3.10. The molecule has 2 aromatic rings. The SMILES string of the molecule is Cc1ccc(Br)cc1C(=O)Nc1nc(CCl)cs1. The molecule has 0 fully saturated rings. The molecule has 0 aliphatic heterocycles. The van der Waals surface area contributed by atoms with Gasteiger partial charge in [-0.25, -0.2) is 4.98 Å². The topological polar surface area (TPSA) is 42.0 Å². The van der Waals surface area contributed by atoms with E-state index in [4.69, 9.17) is 11.6 Å². The minimum absolute atomic E-state index is 0.163. The number of amides is 1. The molecule has 0 spiro atoms. The molecule has 1 aromatic heterocycles. The summed E-state index contributed by atoms with van der Waals surface area (Å²) in [5, 5.41) is 5.16. The van der Waals surface area contributed by atoms with Crippen LogP contribution >= 0.6 is 38.9 Å². The van der Waals surface area contributed by atoms with Gasteiger partial charge in [0.15, 0.2) is 5.13 Å². The van der Waals surface area contributed by atoms with Crippen LogP contribution in [0.5, 0.6) is 0 Å². The lowest BCUT2D eigenvalue weighted by Gasteiger charge is -2.05. The summed E-state index contributed by atoms with van der Waals surface area (Å²) >= 11 is 10.4. The highest BCUT2D eigenvalue weighted by atomic mass is 79.9. The monoisotopic (exact) mass is 344 g/mol. The molecule has 0 saturated carbocycles. The van der Waals surface area contributed by atoms with Crippen molar-refractivity contribution in [3.05, 3.63) is 44.9 Å². The highest BCUT2D eigenvalue weighted by Crippen LogP contribution is 2.20. The molecule has 0 bridgehead atoms. The van der Waals surface area contributed by atoms with Crippen molar-refractivity contribution in [3.8, 4) is 0 Å². The fraction of sp³-hybridized carbons (Fsp3) is 0.167. The number of carbonyl (C=O) groups excluding carboxylic acids is 1. The zero-order valence-corrected chi connectivity index (χ0v) is 12.7. The van der Waals surface area contributed by atoms with Gasteiger partial charge in [0.05, 0.1) is 11.6 Å². The van der Waals surface area contributed by atoms with Gasteiger partial charge >= 0.3 is 0 Å². The van der Waals surface area contributed by atoms with Gasteiger partial charge in [0.1, 0.15) is 0 Å². The Balaban J connectivity index is 2.19. The summed E-state index contributed by atoms with van der Waals surface area (Å²) in [4.78, 5) is 16.3. The zero-order valence-electron chi connectivity index (χ0n) is 9.54. The molecule has 1 N–H and O–H groups in total. The number of halogens is 2. The van der Waals surface area contributed by atoms with Crippen molar-refractivity contribution in [2.45, 2.75) is 12.8 Å². The van der Waals surface area contributed by atoms with Crippen LogP contribution in [0.4, 0.5) is 5.13 Å². The van der Waals surface area contributed by atoms with E-state index in [-0.39, 0.29) is 5.91 Å². The Morgan fingerprint density at radius 1 is 1.56 bits per heavy atom. The Hall–Kier alpha value is -0.910. The van der Waals surface area contributed by atoms with Crippen LogP contribution in [0.25, 0.3) is 0 Å². The summed E-state index contributed by atoms with van der Waals surface area (Å²) in [7, 11) is 0. The molecule has 3 nitrogen and oxygen atoms in total. The fourth-order valence-corrected chi connectivity index (χ4v) is 2.72. The quantitative estimate of drug-likeness (QED) is 0.847. The molecular weight excluding hydrogens is 336 g/mol. The lowest BCUT2D eigenvalue weighted by atomic mass is 10.1. The molecule has 0 unspecified atom stereocenters. The summed E-state index contributed by atoms with van der Waals surface area (Å²) in [5.41, 5.74) is 2.32. The van der Waals surface area contributed by atoms with Gasteiger partial charge in [-0.3, -0.25) is 10.1 Å². The molecule has 1 heterocycles. The van der Waals surface area contributed by atoms with Crippen molar-refractivity contribution < 1.29 is 4.79 Å². The molecular formula is C12H10BrClN2OS. The van der Waals surface area contributed by atoms with Gasteiger partial charge in [0.25, 0.3) is 5.91 Å². The predicted molar refractivity (Wildman–Crippen MR) is 78.5 cm³/mol. The Morgan fingerprint density at radius 2 is 2.33 bits per heavy atom. The summed E-state index contributed by atoms with van der Waals surface area (Å²) in [5.74, 6) is 0.187. The Kier molecular flexibility index (Phi) is 4.37.